The largest absolute Gasteiger partial charge is 0.434 e. The zero-order valence-corrected chi connectivity index (χ0v) is 15.7. The molecule has 32 heavy (non-hydrogen) atoms. The number of nitrogens with zero attached hydrogens (tertiary/aromatic N) is 3. The molecule has 7 nitrogen and oxygen atoms in total. The van der Waals surface area contributed by atoms with Crippen molar-refractivity contribution in [3.63, 3.8) is 0 Å². The number of nitrogens with one attached hydrogen (secondary N) is 1. The number of aromatic nitrogens is 2. The summed E-state index contributed by atoms with van der Waals surface area (Å²) in [7, 11) is 0. The Morgan fingerprint density at radius 3 is 2.25 bits per heavy atom. The minimum Gasteiger partial charge on any atom is -0.348 e. The number of non-ortho nitro benzene ring substituents is 1. The highest BCUT2D eigenvalue weighted by molar-refractivity contribution is 5.95. The first-order valence-corrected chi connectivity index (χ1v) is 8.72. The van der Waals surface area contributed by atoms with Crippen molar-refractivity contribution < 1.29 is 36.1 Å². The van der Waals surface area contributed by atoms with Gasteiger partial charge in [-0.05, 0) is 29.8 Å². The molecule has 0 saturated carbocycles. The lowest BCUT2D eigenvalue weighted by molar-refractivity contribution is -0.384. The predicted molar refractivity (Wildman–Crippen MR) is 97.8 cm³/mol. The third-order valence-corrected chi connectivity index (χ3v) is 4.29. The van der Waals surface area contributed by atoms with E-state index in [0.717, 1.165) is 42.5 Å². The van der Waals surface area contributed by atoms with E-state index in [2.05, 4.69) is 10.4 Å². The van der Waals surface area contributed by atoms with Crippen LogP contribution in [0.1, 0.15) is 27.2 Å². The molecule has 168 valence electrons. The van der Waals surface area contributed by atoms with Crippen LogP contribution in [0.5, 0.6) is 0 Å². The second-order valence-corrected chi connectivity index (χ2v) is 6.47. The van der Waals surface area contributed by atoms with Crippen molar-refractivity contribution in [2.45, 2.75) is 18.9 Å². The smallest absolute Gasteiger partial charge is 0.348 e. The minimum atomic E-state index is -5.03. The molecule has 1 N–H and O–H groups in total. The van der Waals surface area contributed by atoms with Crippen LogP contribution in [0.3, 0.4) is 0 Å². The Kier molecular flexibility index (Phi) is 5.92. The zero-order valence-electron chi connectivity index (χ0n) is 15.7. The van der Waals surface area contributed by atoms with Crippen molar-refractivity contribution in [3.8, 4) is 5.69 Å². The molecule has 3 aromatic rings. The van der Waals surface area contributed by atoms with E-state index in [4.69, 9.17) is 0 Å². The fourth-order valence-corrected chi connectivity index (χ4v) is 2.83. The summed E-state index contributed by atoms with van der Waals surface area (Å²) >= 11 is 0. The molecule has 0 radical (unpaired) electrons. The fraction of sp³-hybridized carbons (Fsp3) is 0.158. The average Bonchev–Trinajstić information content (AvgIpc) is 3.17. The topological polar surface area (TPSA) is 90.1 Å². The predicted octanol–water partition coefficient (Wildman–Crippen LogP) is 4.75. The van der Waals surface area contributed by atoms with Crippen molar-refractivity contribution in [1.29, 1.82) is 0 Å². The van der Waals surface area contributed by atoms with Gasteiger partial charge in [-0.15, -0.1) is 0 Å². The maximum Gasteiger partial charge on any atom is 0.434 e. The van der Waals surface area contributed by atoms with Crippen LogP contribution in [0.2, 0.25) is 0 Å². The first kappa shape index (κ1) is 22.8. The van der Waals surface area contributed by atoms with Gasteiger partial charge in [0.15, 0.2) is 5.69 Å². The third kappa shape index (κ3) is 4.87. The van der Waals surface area contributed by atoms with E-state index in [1.807, 2.05) is 0 Å². The number of carbonyl (C=O) groups excluding carboxylic acids is 1. The summed E-state index contributed by atoms with van der Waals surface area (Å²) in [6.07, 6.45) is -8.98. The number of rotatable bonds is 5. The third-order valence-electron chi connectivity index (χ3n) is 4.29. The van der Waals surface area contributed by atoms with E-state index in [1.165, 1.54) is 6.07 Å². The number of halogens is 6. The van der Waals surface area contributed by atoms with Gasteiger partial charge in [-0.1, -0.05) is 12.1 Å². The van der Waals surface area contributed by atoms with Crippen molar-refractivity contribution in [2.24, 2.45) is 0 Å². The van der Waals surface area contributed by atoms with Gasteiger partial charge in [0.25, 0.3) is 11.6 Å². The number of nitro benzene ring substituents is 1. The summed E-state index contributed by atoms with van der Waals surface area (Å²) in [5, 5.41) is 16.4. The molecular formula is C19H12F6N4O3. The van der Waals surface area contributed by atoms with Gasteiger partial charge >= 0.3 is 12.4 Å². The molecule has 0 spiro atoms. The van der Waals surface area contributed by atoms with E-state index in [9.17, 15) is 41.3 Å². The molecule has 1 aromatic heterocycles. The SMILES string of the molecule is O=C(NCc1cccc(C(F)(F)F)c1)c1cnn(-c2ccc([N+](=O)[O-])cc2)c1C(F)(F)F. The molecule has 0 atom stereocenters. The first-order valence-electron chi connectivity index (χ1n) is 8.72. The maximum atomic E-state index is 13.7. The molecule has 0 saturated heterocycles. The Balaban J connectivity index is 1.88. The van der Waals surface area contributed by atoms with Crippen LogP contribution in [-0.2, 0) is 18.9 Å². The standard InChI is InChI=1S/C19H12F6N4O3/c20-18(21,22)12-3-1-2-11(8-12)9-26-17(30)15-10-27-28(16(15)19(23,24)25)13-4-6-14(7-5-13)29(31)32/h1-8,10H,9H2,(H,26,30). The summed E-state index contributed by atoms with van der Waals surface area (Å²) < 4.78 is 79.8. The Bertz CT molecular complexity index is 1150. The summed E-state index contributed by atoms with van der Waals surface area (Å²) in [5.74, 6) is -1.21. The average molecular weight is 458 g/mol. The second kappa shape index (κ2) is 8.32. The highest BCUT2D eigenvalue weighted by Crippen LogP contribution is 2.34. The van der Waals surface area contributed by atoms with Crippen LogP contribution in [0, 0.1) is 10.1 Å². The van der Waals surface area contributed by atoms with Gasteiger partial charge in [0.2, 0.25) is 0 Å². The molecule has 0 fully saturated rings. The number of amides is 1. The fourth-order valence-electron chi connectivity index (χ4n) is 2.83. The lowest BCUT2D eigenvalue weighted by Gasteiger charge is -2.13. The van der Waals surface area contributed by atoms with Crippen molar-refractivity contribution >= 4 is 11.6 Å². The lowest BCUT2D eigenvalue weighted by atomic mass is 10.1. The van der Waals surface area contributed by atoms with Gasteiger partial charge in [0.1, 0.15) is 0 Å². The number of carbonyl (C=O) groups is 1. The number of benzene rings is 2. The molecule has 0 unspecified atom stereocenters. The van der Waals surface area contributed by atoms with Crippen molar-refractivity contribution in [1.82, 2.24) is 15.1 Å². The molecule has 0 aliphatic rings. The van der Waals surface area contributed by atoms with E-state index < -0.39 is 46.5 Å². The number of hydrogen-bond acceptors (Lipinski definition) is 4. The first-order chi connectivity index (χ1) is 14.9. The summed E-state index contributed by atoms with van der Waals surface area (Å²) in [4.78, 5) is 22.4. The van der Waals surface area contributed by atoms with Gasteiger partial charge in [0.05, 0.1) is 27.9 Å². The van der Waals surface area contributed by atoms with Gasteiger partial charge in [-0.2, -0.15) is 31.4 Å². The molecule has 0 aliphatic heterocycles. The number of nitro groups is 1. The normalized spacial score (nSPS) is 11.9. The minimum absolute atomic E-state index is 0.0319. The van der Waals surface area contributed by atoms with Gasteiger partial charge in [0, 0.05) is 18.7 Å². The van der Waals surface area contributed by atoms with Crippen molar-refractivity contribution in [3.05, 3.63) is 87.2 Å². The van der Waals surface area contributed by atoms with Crippen LogP contribution in [0.15, 0.2) is 54.7 Å². The molecule has 0 bridgehead atoms. The van der Waals surface area contributed by atoms with Crippen LogP contribution >= 0.6 is 0 Å². The molecule has 3 rings (SSSR count). The van der Waals surface area contributed by atoms with Gasteiger partial charge < -0.3 is 5.32 Å². The number of hydrogen-bond donors (Lipinski definition) is 1. The summed E-state index contributed by atoms with van der Waals surface area (Å²) in [5.41, 5.74) is -3.76. The molecular weight excluding hydrogens is 446 g/mol. The lowest BCUT2D eigenvalue weighted by Crippen LogP contribution is -2.26. The Labute approximate surface area is 175 Å². The van der Waals surface area contributed by atoms with Crippen LogP contribution in [0.25, 0.3) is 5.69 Å². The maximum absolute atomic E-state index is 13.7. The quantitative estimate of drug-likeness (QED) is 0.340. The molecule has 2 aromatic carbocycles. The molecule has 1 heterocycles. The van der Waals surface area contributed by atoms with Gasteiger partial charge in [-0.3, -0.25) is 14.9 Å². The van der Waals surface area contributed by atoms with E-state index >= 15 is 0 Å². The zero-order chi connectivity index (χ0) is 23.7. The monoisotopic (exact) mass is 458 g/mol. The molecule has 1 amide bonds. The Morgan fingerprint density at radius 1 is 1.03 bits per heavy atom. The summed E-state index contributed by atoms with van der Waals surface area (Å²) in [6, 6.07) is 8.00. The van der Waals surface area contributed by atoms with Crippen LogP contribution in [0.4, 0.5) is 32.0 Å². The van der Waals surface area contributed by atoms with E-state index in [0.29, 0.717) is 10.9 Å². The highest BCUT2D eigenvalue weighted by Gasteiger charge is 2.40. The molecule has 13 heteroatoms. The van der Waals surface area contributed by atoms with Crippen LogP contribution in [-0.4, -0.2) is 20.6 Å². The van der Waals surface area contributed by atoms with Crippen molar-refractivity contribution in [2.75, 3.05) is 0 Å². The number of alkyl halides is 6. The summed E-state index contributed by atoms with van der Waals surface area (Å²) in [6.45, 7) is -0.456. The highest BCUT2D eigenvalue weighted by atomic mass is 19.4. The Hall–Kier alpha value is -3.90. The van der Waals surface area contributed by atoms with Gasteiger partial charge in [-0.25, -0.2) is 4.68 Å². The van der Waals surface area contributed by atoms with Crippen LogP contribution < -0.4 is 5.32 Å². The van der Waals surface area contributed by atoms with E-state index in [-0.39, 0.29) is 16.9 Å². The Morgan fingerprint density at radius 2 is 1.69 bits per heavy atom. The molecule has 0 aliphatic carbocycles. The van der Waals surface area contributed by atoms with E-state index in [1.54, 1.807) is 0 Å². The second-order valence-electron chi connectivity index (χ2n) is 6.47.